The van der Waals surface area contributed by atoms with Gasteiger partial charge in [-0.25, -0.2) is 0 Å². The zero-order valence-electron chi connectivity index (χ0n) is 16.1. The number of anilines is 1. The van der Waals surface area contributed by atoms with Crippen molar-refractivity contribution in [2.24, 2.45) is 0 Å². The summed E-state index contributed by atoms with van der Waals surface area (Å²) < 4.78 is 0.796. The van der Waals surface area contributed by atoms with Gasteiger partial charge in [-0.2, -0.15) is 0 Å². The van der Waals surface area contributed by atoms with E-state index in [-0.39, 0.29) is 12.5 Å². The van der Waals surface area contributed by atoms with Crippen LogP contribution in [-0.4, -0.2) is 16.0 Å². The van der Waals surface area contributed by atoms with Crippen LogP contribution >= 0.6 is 27.5 Å². The molecule has 2 N–H and O–H groups in total. The maximum Gasteiger partial charge on any atom is 0.268 e. The molecular formula is C24H18BrClN2O2. The first kappa shape index (κ1) is 19.4. The van der Waals surface area contributed by atoms with Crippen LogP contribution in [0.2, 0.25) is 5.02 Å². The molecule has 0 bridgehead atoms. The van der Waals surface area contributed by atoms with E-state index in [1.807, 2.05) is 67.6 Å². The van der Waals surface area contributed by atoms with Crippen LogP contribution in [-0.2, 0) is 16.9 Å². The molecule has 1 aliphatic rings. The number of halogens is 2. The third-order valence-electron chi connectivity index (χ3n) is 5.74. The SMILES string of the molecule is Cc1[nH]c2ccccc2c1[C@@]1(O)C(=O)N(Cc2ccccc2Cl)c2ccc(Br)cc21. The predicted molar refractivity (Wildman–Crippen MR) is 123 cm³/mol. The quantitative estimate of drug-likeness (QED) is 0.396. The number of aryl methyl sites for hydroxylation is 1. The number of benzene rings is 3. The second-order valence-corrected chi connectivity index (χ2v) is 8.85. The van der Waals surface area contributed by atoms with Crippen LogP contribution in [0.3, 0.4) is 0 Å². The highest BCUT2D eigenvalue weighted by molar-refractivity contribution is 9.10. The summed E-state index contributed by atoms with van der Waals surface area (Å²) in [6.07, 6.45) is 0. The molecule has 1 atom stereocenters. The van der Waals surface area contributed by atoms with E-state index < -0.39 is 5.60 Å². The van der Waals surface area contributed by atoms with Crippen molar-refractivity contribution < 1.29 is 9.90 Å². The van der Waals surface area contributed by atoms with Gasteiger partial charge in [-0.1, -0.05) is 63.9 Å². The number of aromatic nitrogens is 1. The van der Waals surface area contributed by atoms with Crippen molar-refractivity contribution in [3.05, 3.63) is 98.6 Å². The molecule has 4 nitrogen and oxygen atoms in total. The first-order valence-corrected chi connectivity index (χ1v) is 10.7. The Morgan fingerprint density at radius 1 is 1.10 bits per heavy atom. The van der Waals surface area contributed by atoms with Crippen molar-refractivity contribution in [2.75, 3.05) is 4.90 Å². The molecule has 3 aromatic carbocycles. The molecule has 2 heterocycles. The average Bonchev–Trinajstić information content (AvgIpc) is 3.17. The zero-order chi connectivity index (χ0) is 21.0. The van der Waals surface area contributed by atoms with Gasteiger partial charge in [0.05, 0.1) is 12.2 Å². The van der Waals surface area contributed by atoms with Crippen molar-refractivity contribution in [3.8, 4) is 0 Å². The molecule has 0 saturated heterocycles. The van der Waals surface area contributed by atoms with Crippen LogP contribution < -0.4 is 4.90 Å². The summed E-state index contributed by atoms with van der Waals surface area (Å²) in [5, 5.41) is 13.4. The number of H-pyrrole nitrogens is 1. The molecule has 5 rings (SSSR count). The van der Waals surface area contributed by atoms with E-state index in [4.69, 9.17) is 11.6 Å². The minimum atomic E-state index is -1.80. The molecular weight excluding hydrogens is 464 g/mol. The molecule has 0 saturated carbocycles. The number of fused-ring (bicyclic) bond motifs is 2. The first-order valence-electron chi connectivity index (χ1n) is 9.57. The van der Waals surface area contributed by atoms with Crippen LogP contribution in [0, 0.1) is 6.92 Å². The fourth-order valence-electron chi connectivity index (χ4n) is 4.39. The lowest BCUT2D eigenvalue weighted by Crippen LogP contribution is -2.41. The van der Waals surface area contributed by atoms with Crippen molar-refractivity contribution in [1.29, 1.82) is 0 Å². The Kier molecular flexibility index (Phi) is 4.51. The van der Waals surface area contributed by atoms with Crippen molar-refractivity contribution in [1.82, 2.24) is 4.98 Å². The average molecular weight is 482 g/mol. The molecule has 0 spiro atoms. The Balaban J connectivity index is 1.74. The number of rotatable bonds is 3. The van der Waals surface area contributed by atoms with E-state index in [1.54, 1.807) is 11.0 Å². The Hall–Kier alpha value is -2.60. The summed E-state index contributed by atoms with van der Waals surface area (Å²) in [7, 11) is 0. The molecule has 1 amide bonds. The summed E-state index contributed by atoms with van der Waals surface area (Å²) in [5.41, 5.74) is 2.48. The number of aromatic amines is 1. The van der Waals surface area contributed by atoms with Gasteiger partial charge in [0.15, 0.2) is 5.60 Å². The first-order chi connectivity index (χ1) is 14.4. The lowest BCUT2D eigenvalue weighted by atomic mass is 9.85. The molecule has 150 valence electrons. The summed E-state index contributed by atoms with van der Waals surface area (Å²) in [6.45, 7) is 2.16. The number of carbonyl (C=O) groups is 1. The van der Waals surface area contributed by atoms with Gasteiger partial charge in [-0.05, 0) is 42.8 Å². The lowest BCUT2D eigenvalue weighted by Gasteiger charge is -2.24. The molecule has 1 aromatic heterocycles. The minimum absolute atomic E-state index is 0.275. The smallest absolute Gasteiger partial charge is 0.268 e. The van der Waals surface area contributed by atoms with Crippen molar-refractivity contribution in [3.63, 3.8) is 0 Å². The van der Waals surface area contributed by atoms with Crippen LogP contribution in [0.15, 0.2) is 71.2 Å². The largest absolute Gasteiger partial charge is 0.372 e. The monoisotopic (exact) mass is 480 g/mol. The molecule has 0 aliphatic carbocycles. The predicted octanol–water partition coefficient (Wildman–Crippen LogP) is 5.67. The maximum absolute atomic E-state index is 13.8. The summed E-state index contributed by atoms with van der Waals surface area (Å²) in [4.78, 5) is 18.7. The van der Waals surface area contributed by atoms with Gasteiger partial charge >= 0.3 is 0 Å². The summed E-state index contributed by atoms with van der Waals surface area (Å²) in [6, 6.07) is 20.7. The third-order valence-corrected chi connectivity index (χ3v) is 6.60. The van der Waals surface area contributed by atoms with Gasteiger partial charge in [0, 0.05) is 37.2 Å². The van der Waals surface area contributed by atoms with Crippen LogP contribution in [0.1, 0.15) is 22.4 Å². The second kappa shape index (κ2) is 6.98. The van der Waals surface area contributed by atoms with E-state index in [9.17, 15) is 9.90 Å². The highest BCUT2D eigenvalue weighted by atomic mass is 79.9. The number of nitrogens with one attached hydrogen (secondary N) is 1. The van der Waals surface area contributed by atoms with Gasteiger partial charge in [-0.15, -0.1) is 0 Å². The number of amides is 1. The Labute approximate surface area is 187 Å². The highest BCUT2D eigenvalue weighted by Gasteiger charge is 2.53. The lowest BCUT2D eigenvalue weighted by molar-refractivity contribution is -0.132. The summed E-state index contributed by atoms with van der Waals surface area (Å²) >= 11 is 9.86. The van der Waals surface area contributed by atoms with Gasteiger partial charge in [-0.3, -0.25) is 4.79 Å². The summed E-state index contributed by atoms with van der Waals surface area (Å²) in [5.74, 6) is -0.386. The molecule has 30 heavy (non-hydrogen) atoms. The highest BCUT2D eigenvalue weighted by Crippen LogP contribution is 2.49. The van der Waals surface area contributed by atoms with Gasteiger partial charge < -0.3 is 15.0 Å². The maximum atomic E-state index is 13.8. The number of hydrogen-bond donors (Lipinski definition) is 2. The van der Waals surface area contributed by atoms with Crippen LogP contribution in [0.4, 0.5) is 5.69 Å². The number of hydrogen-bond acceptors (Lipinski definition) is 2. The third kappa shape index (κ3) is 2.73. The molecule has 0 radical (unpaired) electrons. The van der Waals surface area contributed by atoms with E-state index in [1.165, 1.54) is 0 Å². The molecule has 6 heteroatoms. The van der Waals surface area contributed by atoms with E-state index in [2.05, 4.69) is 20.9 Å². The molecule has 4 aromatic rings. The zero-order valence-corrected chi connectivity index (χ0v) is 18.5. The van der Waals surface area contributed by atoms with E-state index in [0.29, 0.717) is 21.8 Å². The topological polar surface area (TPSA) is 56.3 Å². The van der Waals surface area contributed by atoms with Gasteiger partial charge in [0.25, 0.3) is 5.91 Å². The molecule has 1 aliphatic heterocycles. The van der Waals surface area contributed by atoms with Crippen LogP contribution in [0.25, 0.3) is 10.9 Å². The normalized spacial score (nSPS) is 18.3. The Bertz CT molecular complexity index is 1320. The molecule has 0 unspecified atom stereocenters. The number of nitrogens with zero attached hydrogens (tertiary/aromatic N) is 1. The van der Waals surface area contributed by atoms with Gasteiger partial charge in [0.2, 0.25) is 0 Å². The number of carbonyl (C=O) groups excluding carboxylic acids is 1. The fourth-order valence-corrected chi connectivity index (χ4v) is 4.95. The number of para-hydroxylation sites is 1. The van der Waals surface area contributed by atoms with Crippen LogP contribution in [0.5, 0.6) is 0 Å². The Morgan fingerprint density at radius 2 is 1.83 bits per heavy atom. The minimum Gasteiger partial charge on any atom is -0.372 e. The van der Waals surface area contributed by atoms with E-state index in [0.717, 1.165) is 26.6 Å². The van der Waals surface area contributed by atoms with Crippen molar-refractivity contribution >= 4 is 50.0 Å². The Morgan fingerprint density at radius 3 is 2.63 bits per heavy atom. The van der Waals surface area contributed by atoms with Gasteiger partial charge in [0.1, 0.15) is 0 Å². The second-order valence-electron chi connectivity index (χ2n) is 7.53. The van der Waals surface area contributed by atoms with Crippen molar-refractivity contribution in [2.45, 2.75) is 19.1 Å². The fraction of sp³-hybridized carbons (Fsp3) is 0.125. The molecule has 0 fully saturated rings. The van der Waals surface area contributed by atoms with E-state index >= 15 is 0 Å². The number of aliphatic hydroxyl groups is 1. The standard InChI is InChI=1S/C24H18BrClN2O2/c1-14-22(17-7-3-5-9-20(17)27-14)24(30)18-12-16(25)10-11-21(18)28(23(24)29)13-15-6-2-4-8-19(15)26/h2-12,27,30H,13H2,1H3/t24-/m1/s1.